The molecule has 86 valence electrons. The van der Waals surface area contributed by atoms with E-state index in [1.807, 2.05) is 0 Å². The molecule has 1 aromatic rings. The molecule has 0 radical (unpaired) electrons. The maximum absolute atomic E-state index is 13.1. The van der Waals surface area contributed by atoms with Gasteiger partial charge in [-0.2, -0.15) is 0 Å². The molecule has 0 unspecified atom stereocenters. The van der Waals surface area contributed by atoms with Crippen molar-refractivity contribution in [2.75, 3.05) is 0 Å². The van der Waals surface area contributed by atoms with Gasteiger partial charge in [0.15, 0.2) is 0 Å². The minimum absolute atomic E-state index is 0.0370. The third kappa shape index (κ3) is 2.78. The van der Waals surface area contributed by atoms with E-state index < -0.39 is 11.6 Å². The topological polar surface area (TPSA) is 21.6 Å². The monoisotopic (exact) mass is 225 g/mol. The fourth-order valence-corrected chi connectivity index (χ4v) is 1.46. The molecule has 0 heterocycles. The highest BCUT2D eigenvalue weighted by Crippen LogP contribution is 2.24. The van der Waals surface area contributed by atoms with Crippen molar-refractivity contribution in [3.63, 3.8) is 0 Å². The lowest BCUT2D eigenvalue weighted by Gasteiger charge is -2.19. The molecule has 16 heavy (non-hydrogen) atoms. The van der Waals surface area contributed by atoms with Gasteiger partial charge in [-0.15, -0.1) is 0 Å². The van der Waals surface area contributed by atoms with Crippen LogP contribution in [0.25, 0.3) is 0 Å². The SMILES string of the molecule is Fc1ccc(CON=CC2CCC2)c(F)c1. The summed E-state index contributed by atoms with van der Waals surface area (Å²) in [5.41, 5.74) is 0.312. The molecule has 0 atom stereocenters. The summed E-state index contributed by atoms with van der Waals surface area (Å²) in [6, 6.07) is 3.41. The zero-order valence-electron chi connectivity index (χ0n) is 8.83. The van der Waals surface area contributed by atoms with Gasteiger partial charge in [0.25, 0.3) is 0 Å². The summed E-state index contributed by atoms with van der Waals surface area (Å²) in [7, 11) is 0. The van der Waals surface area contributed by atoms with E-state index in [2.05, 4.69) is 5.16 Å². The van der Waals surface area contributed by atoms with Gasteiger partial charge in [0.2, 0.25) is 0 Å². The summed E-state index contributed by atoms with van der Waals surface area (Å²) in [5, 5.41) is 3.77. The van der Waals surface area contributed by atoms with Gasteiger partial charge >= 0.3 is 0 Å². The number of benzene rings is 1. The van der Waals surface area contributed by atoms with E-state index in [9.17, 15) is 8.78 Å². The summed E-state index contributed by atoms with van der Waals surface area (Å²) in [6.45, 7) is 0.0370. The molecule has 0 saturated heterocycles. The highest BCUT2D eigenvalue weighted by molar-refractivity contribution is 5.60. The Morgan fingerprint density at radius 2 is 2.19 bits per heavy atom. The summed E-state index contributed by atoms with van der Waals surface area (Å²) >= 11 is 0. The smallest absolute Gasteiger partial charge is 0.145 e. The Labute approximate surface area is 92.9 Å². The van der Waals surface area contributed by atoms with Gasteiger partial charge in [0, 0.05) is 17.8 Å². The van der Waals surface area contributed by atoms with Crippen LogP contribution in [0, 0.1) is 17.6 Å². The third-order valence-electron chi connectivity index (χ3n) is 2.73. The first-order chi connectivity index (χ1) is 7.75. The molecule has 4 heteroatoms. The average molecular weight is 225 g/mol. The Hall–Kier alpha value is -1.45. The van der Waals surface area contributed by atoms with Crippen LogP contribution in [0.5, 0.6) is 0 Å². The summed E-state index contributed by atoms with van der Waals surface area (Å²) in [5.74, 6) is -0.670. The molecule has 2 rings (SSSR count). The van der Waals surface area contributed by atoms with E-state index in [1.165, 1.54) is 18.6 Å². The quantitative estimate of drug-likeness (QED) is 0.569. The highest BCUT2D eigenvalue weighted by Gasteiger charge is 2.14. The van der Waals surface area contributed by atoms with Crippen molar-refractivity contribution in [1.82, 2.24) is 0 Å². The summed E-state index contributed by atoms with van der Waals surface area (Å²) in [4.78, 5) is 4.95. The van der Waals surface area contributed by atoms with Gasteiger partial charge in [-0.05, 0) is 30.9 Å². The maximum Gasteiger partial charge on any atom is 0.145 e. The van der Waals surface area contributed by atoms with Crippen molar-refractivity contribution in [3.05, 3.63) is 35.4 Å². The number of hydrogen-bond acceptors (Lipinski definition) is 2. The fraction of sp³-hybridized carbons (Fsp3) is 0.417. The number of halogens is 2. The van der Waals surface area contributed by atoms with Gasteiger partial charge < -0.3 is 4.84 Å². The molecule has 1 fully saturated rings. The minimum Gasteiger partial charge on any atom is -0.391 e. The van der Waals surface area contributed by atoms with Crippen LogP contribution in [0.1, 0.15) is 24.8 Å². The Kier molecular flexibility index (Phi) is 3.49. The van der Waals surface area contributed by atoms with Gasteiger partial charge in [-0.1, -0.05) is 11.6 Å². The molecular formula is C12H13F2NO. The van der Waals surface area contributed by atoms with Crippen LogP contribution in [0.4, 0.5) is 8.78 Å². The predicted octanol–water partition coefficient (Wildman–Crippen LogP) is 3.27. The molecule has 0 N–H and O–H groups in total. The fourth-order valence-electron chi connectivity index (χ4n) is 1.46. The van der Waals surface area contributed by atoms with Crippen molar-refractivity contribution in [2.45, 2.75) is 25.9 Å². The first-order valence-electron chi connectivity index (χ1n) is 5.35. The molecule has 0 aliphatic heterocycles. The van der Waals surface area contributed by atoms with E-state index in [0.29, 0.717) is 11.5 Å². The highest BCUT2D eigenvalue weighted by atomic mass is 19.1. The average Bonchev–Trinajstić information content (AvgIpc) is 2.18. The zero-order valence-corrected chi connectivity index (χ0v) is 8.83. The number of nitrogens with zero attached hydrogens (tertiary/aromatic N) is 1. The first-order valence-corrected chi connectivity index (χ1v) is 5.35. The largest absolute Gasteiger partial charge is 0.391 e. The third-order valence-corrected chi connectivity index (χ3v) is 2.73. The number of hydrogen-bond donors (Lipinski definition) is 0. The maximum atomic E-state index is 13.1. The van der Waals surface area contributed by atoms with E-state index in [0.717, 1.165) is 18.9 Å². The van der Waals surface area contributed by atoms with Crippen LogP contribution in [0.2, 0.25) is 0 Å². The molecule has 0 aromatic heterocycles. The van der Waals surface area contributed by atoms with Gasteiger partial charge in [0.05, 0.1) is 0 Å². The lowest BCUT2D eigenvalue weighted by Crippen LogP contribution is -2.11. The summed E-state index contributed by atoms with van der Waals surface area (Å²) < 4.78 is 25.7. The standard InChI is InChI=1S/C12H13F2NO/c13-11-5-4-10(12(14)6-11)8-16-15-7-9-2-1-3-9/h4-7,9H,1-3,8H2. The zero-order chi connectivity index (χ0) is 11.4. The second-order valence-corrected chi connectivity index (χ2v) is 3.95. The molecule has 0 spiro atoms. The van der Waals surface area contributed by atoms with Crippen molar-refractivity contribution in [2.24, 2.45) is 11.1 Å². The van der Waals surface area contributed by atoms with E-state index in [-0.39, 0.29) is 6.61 Å². The van der Waals surface area contributed by atoms with Gasteiger partial charge in [-0.25, -0.2) is 8.78 Å². The Morgan fingerprint density at radius 1 is 1.38 bits per heavy atom. The molecule has 1 saturated carbocycles. The van der Waals surface area contributed by atoms with Crippen LogP contribution in [0.3, 0.4) is 0 Å². The normalized spacial score (nSPS) is 16.4. The molecule has 1 aliphatic rings. The van der Waals surface area contributed by atoms with Gasteiger partial charge in [0.1, 0.15) is 18.2 Å². The molecule has 1 aliphatic carbocycles. The second-order valence-electron chi connectivity index (χ2n) is 3.95. The Morgan fingerprint density at radius 3 is 2.81 bits per heavy atom. The molecule has 1 aromatic carbocycles. The second kappa shape index (κ2) is 5.05. The lowest BCUT2D eigenvalue weighted by atomic mass is 9.87. The van der Waals surface area contributed by atoms with E-state index >= 15 is 0 Å². The van der Waals surface area contributed by atoms with Gasteiger partial charge in [-0.3, -0.25) is 0 Å². The minimum atomic E-state index is -0.598. The van der Waals surface area contributed by atoms with Crippen molar-refractivity contribution in [1.29, 1.82) is 0 Å². The predicted molar refractivity (Wildman–Crippen MR) is 57.0 cm³/mol. The first kappa shape index (κ1) is 11.0. The Balaban J connectivity index is 1.82. The van der Waals surface area contributed by atoms with Crippen molar-refractivity contribution >= 4 is 6.21 Å². The van der Waals surface area contributed by atoms with Crippen LogP contribution >= 0.6 is 0 Å². The Bertz CT molecular complexity index is 389. The van der Waals surface area contributed by atoms with Crippen LogP contribution < -0.4 is 0 Å². The van der Waals surface area contributed by atoms with Crippen LogP contribution in [0.15, 0.2) is 23.4 Å². The molecule has 0 bridgehead atoms. The number of rotatable bonds is 4. The van der Waals surface area contributed by atoms with E-state index in [4.69, 9.17) is 4.84 Å². The van der Waals surface area contributed by atoms with Crippen LogP contribution in [-0.2, 0) is 11.4 Å². The lowest BCUT2D eigenvalue weighted by molar-refractivity contribution is 0.127. The summed E-state index contributed by atoms with van der Waals surface area (Å²) in [6.07, 6.45) is 5.30. The van der Waals surface area contributed by atoms with Crippen LogP contribution in [-0.4, -0.2) is 6.21 Å². The van der Waals surface area contributed by atoms with E-state index in [1.54, 1.807) is 6.21 Å². The molecule has 0 amide bonds. The molecule has 2 nitrogen and oxygen atoms in total. The van der Waals surface area contributed by atoms with Crippen molar-refractivity contribution in [3.8, 4) is 0 Å². The number of oxime groups is 1. The van der Waals surface area contributed by atoms with Crippen molar-refractivity contribution < 1.29 is 13.6 Å². The molecular weight excluding hydrogens is 212 g/mol.